The molecule has 0 aromatic heterocycles. The predicted molar refractivity (Wildman–Crippen MR) is 42.6 cm³/mol. The van der Waals surface area contributed by atoms with Gasteiger partial charge in [-0.3, -0.25) is 0 Å². The Hall–Kier alpha value is 0.500. The fraction of sp³-hybridized carbons (Fsp3) is 1.00. The number of hydrogen-bond donors (Lipinski definition) is 1. The van der Waals surface area contributed by atoms with Crippen molar-refractivity contribution >= 4 is 23.2 Å². The number of aliphatic hydroxyl groups is 1. The molecule has 1 atom stereocenters. The normalized spacial score (nSPS) is 15.3. The van der Waals surface area contributed by atoms with Gasteiger partial charge >= 0.3 is 0 Å². The molecule has 0 aromatic carbocycles. The molecule has 0 radical (unpaired) electrons. The van der Waals surface area contributed by atoms with E-state index in [2.05, 4.69) is 0 Å². The summed E-state index contributed by atoms with van der Waals surface area (Å²) in [6.07, 6.45) is -0.342. The second-order valence-electron chi connectivity index (χ2n) is 2.02. The van der Waals surface area contributed by atoms with Crippen LogP contribution in [0.1, 0.15) is 13.8 Å². The van der Waals surface area contributed by atoms with E-state index < -0.39 is 4.33 Å². The Labute approximate surface area is 71.1 Å². The predicted octanol–water partition coefficient (Wildman–Crippen LogP) is 1.58. The molecule has 0 heterocycles. The molecular formula is C6H12Cl2O2. The smallest absolute Gasteiger partial charge is 0.166 e. The molecular weight excluding hydrogens is 175 g/mol. The first-order valence-corrected chi connectivity index (χ1v) is 3.90. The first kappa shape index (κ1) is 10.5. The molecule has 2 nitrogen and oxygen atoms in total. The summed E-state index contributed by atoms with van der Waals surface area (Å²) < 4.78 is 3.90. The Morgan fingerprint density at radius 3 is 2.40 bits per heavy atom. The van der Waals surface area contributed by atoms with Crippen LogP contribution in [0.5, 0.6) is 0 Å². The van der Waals surface area contributed by atoms with Crippen LogP contribution in [0.15, 0.2) is 0 Å². The van der Waals surface area contributed by atoms with Crippen molar-refractivity contribution in [1.82, 2.24) is 0 Å². The molecule has 4 heteroatoms. The van der Waals surface area contributed by atoms with E-state index in [1.807, 2.05) is 6.92 Å². The average Bonchev–Trinajstić information content (AvgIpc) is 1.89. The quantitative estimate of drug-likeness (QED) is 0.677. The molecule has 10 heavy (non-hydrogen) atoms. The van der Waals surface area contributed by atoms with E-state index in [0.717, 1.165) is 0 Å². The van der Waals surface area contributed by atoms with Gasteiger partial charge in [-0.25, -0.2) is 0 Å². The van der Waals surface area contributed by atoms with Crippen LogP contribution in [0.25, 0.3) is 0 Å². The van der Waals surface area contributed by atoms with E-state index in [-0.39, 0.29) is 12.7 Å². The van der Waals surface area contributed by atoms with Gasteiger partial charge in [0, 0.05) is 6.61 Å². The van der Waals surface area contributed by atoms with Crippen molar-refractivity contribution < 1.29 is 9.84 Å². The van der Waals surface area contributed by atoms with Crippen molar-refractivity contribution in [3.8, 4) is 0 Å². The maximum absolute atomic E-state index is 8.65. The third kappa shape index (κ3) is 3.06. The number of aliphatic hydroxyl groups excluding tert-OH is 1. The summed E-state index contributed by atoms with van der Waals surface area (Å²) in [7, 11) is 0. The lowest BCUT2D eigenvalue weighted by atomic mass is 10.3. The van der Waals surface area contributed by atoms with Crippen LogP contribution in [0.4, 0.5) is 0 Å². The second kappa shape index (κ2) is 4.39. The minimum atomic E-state index is -1.17. The van der Waals surface area contributed by atoms with E-state index in [0.29, 0.717) is 6.61 Å². The molecule has 0 aromatic rings. The zero-order valence-corrected chi connectivity index (χ0v) is 7.61. The molecule has 0 aliphatic rings. The topological polar surface area (TPSA) is 29.5 Å². The van der Waals surface area contributed by atoms with E-state index in [1.54, 1.807) is 6.92 Å². The third-order valence-electron chi connectivity index (χ3n) is 1.22. The van der Waals surface area contributed by atoms with Gasteiger partial charge < -0.3 is 9.84 Å². The van der Waals surface area contributed by atoms with Crippen LogP contribution in [0.2, 0.25) is 0 Å². The Kier molecular flexibility index (Phi) is 4.61. The first-order valence-electron chi connectivity index (χ1n) is 3.15. The highest BCUT2D eigenvalue weighted by atomic mass is 35.5. The molecule has 0 fully saturated rings. The number of halogens is 2. The highest BCUT2D eigenvalue weighted by Gasteiger charge is 2.31. The number of hydrogen-bond acceptors (Lipinski definition) is 2. The largest absolute Gasteiger partial charge is 0.393 e. The Balaban J connectivity index is 3.78. The molecule has 0 aliphatic carbocycles. The fourth-order valence-corrected chi connectivity index (χ4v) is 0.626. The number of alkyl halides is 2. The minimum Gasteiger partial charge on any atom is -0.393 e. The van der Waals surface area contributed by atoms with Crippen LogP contribution in [0.3, 0.4) is 0 Å². The maximum Gasteiger partial charge on any atom is 0.166 e. The molecule has 1 N–H and O–H groups in total. The summed E-state index contributed by atoms with van der Waals surface area (Å²) in [5, 5.41) is 8.65. The van der Waals surface area contributed by atoms with Crippen LogP contribution in [-0.4, -0.2) is 28.8 Å². The fourth-order valence-electron chi connectivity index (χ4n) is 0.500. The van der Waals surface area contributed by atoms with E-state index in [1.165, 1.54) is 0 Å². The lowest BCUT2D eigenvalue weighted by molar-refractivity contribution is 0.0492. The second-order valence-corrected chi connectivity index (χ2v) is 3.56. The maximum atomic E-state index is 8.65. The molecule has 0 rings (SSSR count). The summed E-state index contributed by atoms with van der Waals surface area (Å²) >= 11 is 11.3. The number of rotatable bonds is 4. The Morgan fingerprint density at radius 1 is 1.60 bits per heavy atom. The van der Waals surface area contributed by atoms with Gasteiger partial charge in [-0.2, -0.15) is 0 Å². The van der Waals surface area contributed by atoms with E-state index in [4.69, 9.17) is 33.0 Å². The summed E-state index contributed by atoms with van der Waals surface area (Å²) in [5.41, 5.74) is 0. The van der Waals surface area contributed by atoms with E-state index in [9.17, 15) is 0 Å². The summed E-state index contributed by atoms with van der Waals surface area (Å²) in [6, 6.07) is 0. The van der Waals surface area contributed by atoms with Gasteiger partial charge in [-0.05, 0) is 13.8 Å². The number of ether oxygens (including phenoxy) is 1. The van der Waals surface area contributed by atoms with Crippen LogP contribution >= 0.6 is 23.2 Å². The van der Waals surface area contributed by atoms with Gasteiger partial charge in [0.25, 0.3) is 0 Å². The highest BCUT2D eigenvalue weighted by Crippen LogP contribution is 2.26. The van der Waals surface area contributed by atoms with Crippen LogP contribution in [-0.2, 0) is 4.74 Å². The summed E-state index contributed by atoms with van der Waals surface area (Å²) in [4.78, 5) is 0. The van der Waals surface area contributed by atoms with Gasteiger partial charge in [0.05, 0.1) is 12.7 Å². The van der Waals surface area contributed by atoms with E-state index >= 15 is 0 Å². The van der Waals surface area contributed by atoms with Crippen molar-refractivity contribution in [2.24, 2.45) is 0 Å². The monoisotopic (exact) mass is 186 g/mol. The van der Waals surface area contributed by atoms with Gasteiger partial charge in [0.1, 0.15) is 0 Å². The molecule has 0 spiro atoms. The average molecular weight is 187 g/mol. The molecule has 62 valence electrons. The van der Waals surface area contributed by atoms with Crippen LogP contribution in [0, 0.1) is 0 Å². The molecule has 0 saturated carbocycles. The Morgan fingerprint density at radius 2 is 2.10 bits per heavy atom. The summed E-state index contributed by atoms with van der Waals surface area (Å²) in [6.45, 7) is 3.82. The van der Waals surface area contributed by atoms with Crippen molar-refractivity contribution in [2.75, 3.05) is 13.2 Å². The molecule has 0 amide bonds. The molecule has 0 bridgehead atoms. The third-order valence-corrected chi connectivity index (χ3v) is 2.08. The Bertz CT molecular complexity index is 95.7. The molecule has 0 aliphatic heterocycles. The molecule has 0 saturated heterocycles. The lowest BCUT2D eigenvalue weighted by Crippen LogP contribution is -2.34. The van der Waals surface area contributed by atoms with Crippen molar-refractivity contribution in [2.45, 2.75) is 24.3 Å². The van der Waals surface area contributed by atoms with Crippen molar-refractivity contribution in [3.63, 3.8) is 0 Å². The zero-order chi connectivity index (χ0) is 8.20. The first-order chi connectivity index (χ1) is 4.54. The highest BCUT2D eigenvalue weighted by molar-refractivity contribution is 6.49. The van der Waals surface area contributed by atoms with Crippen molar-refractivity contribution in [3.05, 3.63) is 0 Å². The van der Waals surface area contributed by atoms with Crippen LogP contribution < -0.4 is 0 Å². The summed E-state index contributed by atoms with van der Waals surface area (Å²) in [5.74, 6) is 0. The van der Waals surface area contributed by atoms with Crippen molar-refractivity contribution in [1.29, 1.82) is 0 Å². The minimum absolute atomic E-state index is 0.294. The van der Waals surface area contributed by atoms with Gasteiger partial charge in [-0.15, -0.1) is 0 Å². The zero-order valence-electron chi connectivity index (χ0n) is 6.10. The van der Waals surface area contributed by atoms with Gasteiger partial charge in [0.15, 0.2) is 4.33 Å². The lowest BCUT2D eigenvalue weighted by Gasteiger charge is -2.23. The van der Waals surface area contributed by atoms with Gasteiger partial charge in [0.2, 0.25) is 0 Å². The SMILES string of the molecule is CCOC(C)C(Cl)(Cl)CO. The molecule has 1 unspecified atom stereocenters. The standard InChI is InChI=1S/C6H12Cl2O2/c1-3-10-5(2)6(7,8)4-9/h5,9H,3-4H2,1-2H3. The van der Waals surface area contributed by atoms with Gasteiger partial charge in [-0.1, -0.05) is 23.2 Å².